The third kappa shape index (κ3) is 7.15. The molecule has 1 heterocycles. The predicted octanol–water partition coefficient (Wildman–Crippen LogP) is 1.32. The van der Waals surface area contributed by atoms with Crippen LogP contribution in [0.1, 0.15) is 18.9 Å². The Balaban J connectivity index is 0. The molecule has 98 valence electrons. The molecule has 6 heteroatoms. The number of nitrogens with two attached hydrogens (primary N) is 1. The lowest BCUT2D eigenvalue weighted by molar-refractivity contribution is -0.122. The van der Waals surface area contributed by atoms with E-state index in [0.717, 1.165) is 12.0 Å². The van der Waals surface area contributed by atoms with E-state index in [4.69, 9.17) is 5.73 Å². The van der Waals surface area contributed by atoms with Crippen molar-refractivity contribution in [3.8, 4) is 0 Å². The van der Waals surface area contributed by atoms with Crippen LogP contribution in [0.3, 0.4) is 0 Å². The summed E-state index contributed by atoms with van der Waals surface area (Å²) >= 11 is 0. The fourth-order valence-electron chi connectivity index (χ4n) is 1.19. The van der Waals surface area contributed by atoms with Crippen molar-refractivity contribution < 1.29 is 4.79 Å². The van der Waals surface area contributed by atoms with Crippen LogP contribution in [0.2, 0.25) is 0 Å². The number of carbonyl (C=O) groups is 1. The summed E-state index contributed by atoms with van der Waals surface area (Å²) in [5.74, 6) is -0.0820. The Morgan fingerprint density at radius 3 is 2.76 bits per heavy atom. The molecule has 0 aliphatic carbocycles. The summed E-state index contributed by atoms with van der Waals surface area (Å²) in [6.07, 6.45) is 4.98. The number of nitrogens with zero attached hydrogens (tertiary/aromatic N) is 1. The van der Waals surface area contributed by atoms with Gasteiger partial charge < -0.3 is 11.1 Å². The number of carbonyl (C=O) groups excluding carboxylic acids is 1. The molecule has 1 atom stereocenters. The molecule has 4 nitrogen and oxygen atoms in total. The summed E-state index contributed by atoms with van der Waals surface area (Å²) < 4.78 is 0. The van der Waals surface area contributed by atoms with Crippen molar-refractivity contribution in [2.24, 2.45) is 5.73 Å². The molecule has 0 fully saturated rings. The minimum Gasteiger partial charge on any atom is -0.354 e. The van der Waals surface area contributed by atoms with Gasteiger partial charge in [-0.3, -0.25) is 9.78 Å². The highest BCUT2D eigenvalue weighted by Gasteiger charge is 2.09. The van der Waals surface area contributed by atoms with Crippen LogP contribution in [0.4, 0.5) is 0 Å². The average molecular weight is 280 g/mol. The van der Waals surface area contributed by atoms with Gasteiger partial charge in [-0.25, -0.2) is 0 Å². The van der Waals surface area contributed by atoms with E-state index >= 15 is 0 Å². The molecule has 1 rings (SSSR count). The monoisotopic (exact) mass is 279 g/mol. The highest BCUT2D eigenvalue weighted by atomic mass is 35.5. The first-order valence-corrected chi connectivity index (χ1v) is 5.16. The van der Waals surface area contributed by atoms with Crippen LogP contribution in [-0.2, 0) is 11.2 Å². The van der Waals surface area contributed by atoms with Gasteiger partial charge in [0.25, 0.3) is 0 Å². The molecule has 0 saturated carbocycles. The maximum Gasteiger partial charge on any atom is 0.236 e. The van der Waals surface area contributed by atoms with Gasteiger partial charge in [-0.05, 0) is 24.5 Å². The number of nitrogens with one attached hydrogen (secondary N) is 1. The molecule has 17 heavy (non-hydrogen) atoms. The zero-order valence-corrected chi connectivity index (χ0v) is 11.4. The molecule has 0 spiro atoms. The second-order valence-corrected chi connectivity index (χ2v) is 3.42. The Labute approximate surface area is 114 Å². The molecule has 0 bridgehead atoms. The zero-order chi connectivity index (χ0) is 11.1. The fourth-order valence-corrected chi connectivity index (χ4v) is 1.19. The SMILES string of the molecule is CC[C@H](N)C(=O)NCCc1cccnc1.Cl.Cl. The van der Waals surface area contributed by atoms with Gasteiger partial charge in [0, 0.05) is 18.9 Å². The van der Waals surface area contributed by atoms with Crippen LogP contribution >= 0.6 is 24.8 Å². The number of pyridine rings is 1. The smallest absolute Gasteiger partial charge is 0.236 e. The first kappa shape index (κ1) is 18.5. The van der Waals surface area contributed by atoms with Crippen LogP contribution in [0.25, 0.3) is 0 Å². The molecule has 0 aliphatic heterocycles. The predicted molar refractivity (Wildman–Crippen MR) is 73.7 cm³/mol. The molecule has 1 aromatic heterocycles. The quantitative estimate of drug-likeness (QED) is 0.854. The molecule has 0 radical (unpaired) electrons. The van der Waals surface area contributed by atoms with Gasteiger partial charge in [0.05, 0.1) is 6.04 Å². The molecular weight excluding hydrogens is 261 g/mol. The van der Waals surface area contributed by atoms with Crippen molar-refractivity contribution in [3.05, 3.63) is 30.1 Å². The third-order valence-electron chi connectivity index (χ3n) is 2.21. The minimum absolute atomic E-state index is 0. The van der Waals surface area contributed by atoms with E-state index in [0.29, 0.717) is 13.0 Å². The highest BCUT2D eigenvalue weighted by molar-refractivity contribution is 5.85. The van der Waals surface area contributed by atoms with Crippen molar-refractivity contribution in [1.82, 2.24) is 10.3 Å². The van der Waals surface area contributed by atoms with E-state index in [-0.39, 0.29) is 36.8 Å². The van der Waals surface area contributed by atoms with Gasteiger partial charge >= 0.3 is 0 Å². The number of amides is 1. The Bertz CT molecular complexity index is 309. The maximum atomic E-state index is 11.3. The van der Waals surface area contributed by atoms with Crippen LogP contribution in [0.5, 0.6) is 0 Å². The molecule has 1 amide bonds. The Hall–Kier alpha value is -0.840. The van der Waals surface area contributed by atoms with Crippen molar-refractivity contribution in [3.63, 3.8) is 0 Å². The first-order valence-electron chi connectivity index (χ1n) is 5.16. The van der Waals surface area contributed by atoms with Gasteiger partial charge in [-0.15, -0.1) is 24.8 Å². The van der Waals surface area contributed by atoms with Crippen molar-refractivity contribution in [2.45, 2.75) is 25.8 Å². The van der Waals surface area contributed by atoms with E-state index in [1.54, 1.807) is 12.4 Å². The summed E-state index contributed by atoms with van der Waals surface area (Å²) in [5.41, 5.74) is 6.69. The third-order valence-corrected chi connectivity index (χ3v) is 2.21. The number of halogens is 2. The average Bonchev–Trinajstić information content (AvgIpc) is 2.29. The van der Waals surface area contributed by atoms with E-state index in [9.17, 15) is 4.79 Å². The second-order valence-electron chi connectivity index (χ2n) is 3.42. The molecule has 0 unspecified atom stereocenters. The largest absolute Gasteiger partial charge is 0.354 e. The lowest BCUT2D eigenvalue weighted by Crippen LogP contribution is -2.40. The fraction of sp³-hybridized carbons (Fsp3) is 0.455. The minimum atomic E-state index is -0.390. The Morgan fingerprint density at radius 1 is 1.53 bits per heavy atom. The number of hydrogen-bond acceptors (Lipinski definition) is 3. The van der Waals surface area contributed by atoms with Crippen molar-refractivity contribution in [2.75, 3.05) is 6.54 Å². The summed E-state index contributed by atoms with van der Waals surface area (Å²) in [7, 11) is 0. The van der Waals surface area contributed by atoms with Gasteiger partial charge in [0.2, 0.25) is 5.91 Å². The summed E-state index contributed by atoms with van der Waals surface area (Å²) in [6.45, 7) is 2.50. The van der Waals surface area contributed by atoms with Crippen molar-refractivity contribution in [1.29, 1.82) is 0 Å². The summed E-state index contributed by atoms with van der Waals surface area (Å²) in [5, 5.41) is 2.79. The van der Waals surface area contributed by atoms with Gasteiger partial charge in [0.15, 0.2) is 0 Å². The Kier molecular flexibility index (Phi) is 11.2. The molecule has 3 N–H and O–H groups in total. The molecule has 0 saturated heterocycles. The summed E-state index contributed by atoms with van der Waals surface area (Å²) in [6, 6.07) is 3.48. The van der Waals surface area contributed by atoms with E-state index in [1.165, 1.54) is 0 Å². The second kappa shape index (κ2) is 10.3. The van der Waals surface area contributed by atoms with E-state index in [2.05, 4.69) is 10.3 Å². The van der Waals surface area contributed by atoms with Crippen LogP contribution in [0, 0.1) is 0 Å². The molecule has 0 aliphatic rings. The van der Waals surface area contributed by atoms with Gasteiger partial charge in [-0.1, -0.05) is 13.0 Å². The first-order chi connectivity index (χ1) is 7.24. The standard InChI is InChI=1S/C11H17N3O.2ClH/c1-2-10(12)11(15)14-7-5-9-4-3-6-13-8-9;;/h3-4,6,8,10H,2,5,7,12H2,1H3,(H,14,15);2*1H/t10-;;/m0../s1. The van der Waals surface area contributed by atoms with Crippen molar-refractivity contribution >= 4 is 30.7 Å². The normalized spacial score (nSPS) is 10.7. The molecule has 0 aromatic carbocycles. The Morgan fingerprint density at radius 2 is 2.24 bits per heavy atom. The highest BCUT2D eigenvalue weighted by Crippen LogP contribution is 1.95. The van der Waals surface area contributed by atoms with Crippen LogP contribution < -0.4 is 11.1 Å². The number of aromatic nitrogens is 1. The molecular formula is C11H19Cl2N3O. The van der Waals surface area contributed by atoms with E-state index in [1.807, 2.05) is 19.1 Å². The lowest BCUT2D eigenvalue weighted by atomic mass is 10.2. The zero-order valence-electron chi connectivity index (χ0n) is 9.76. The topological polar surface area (TPSA) is 68.0 Å². The lowest BCUT2D eigenvalue weighted by Gasteiger charge is -2.09. The van der Waals surface area contributed by atoms with Crippen LogP contribution in [0.15, 0.2) is 24.5 Å². The van der Waals surface area contributed by atoms with Gasteiger partial charge in [0.1, 0.15) is 0 Å². The van der Waals surface area contributed by atoms with Gasteiger partial charge in [-0.2, -0.15) is 0 Å². The number of rotatable bonds is 5. The van der Waals surface area contributed by atoms with Crippen LogP contribution in [-0.4, -0.2) is 23.5 Å². The van der Waals surface area contributed by atoms with E-state index < -0.39 is 0 Å². The summed E-state index contributed by atoms with van der Waals surface area (Å²) in [4.78, 5) is 15.3. The maximum absolute atomic E-state index is 11.3. The molecule has 1 aromatic rings. The number of hydrogen-bond donors (Lipinski definition) is 2.